The fourth-order valence-corrected chi connectivity index (χ4v) is 4.28. The van der Waals surface area contributed by atoms with Crippen molar-refractivity contribution >= 4 is 40.1 Å². The molecule has 2 fully saturated rings. The summed E-state index contributed by atoms with van der Waals surface area (Å²) in [6, 6.07) is 7.60. The van der Waals surface area contributed by atoms with Crippen molar-refractivity contribution in [2.45, 2.75) is 12.8 Å². The molecule has 1 saturated carbocycles. The van der Waals surface area contributed by atoms with Gasteiger partial charge in [-0.1, -0.05) is 12.2 Å². The maximum atomic E-state index is 12.7. The molecule has 0 radical (unpaired) electrons. The minimum atomic E-state index is -0.120. The molecule has 0 spiro atoms. The summed E-state index contributed by atoms with van der Waals surface area (Å²) < 4.78 is 1.10. The summed E-state index contributed by atoms with van der Waals surface area (Å²) in [4.78, 5) is 26.8. The number of amides is 2. The van der Waals surface area contributed by atoms with Crippen LogP contribution in [-0.4, -0.2) is 11.8 Å². The highest BCUT2D eigenvalue weighted by Crippen LogP contribution is 2.50. The van der Waals surface area contributed by atoms with Gasteiger partial charge in [0.1, 0.15) is 0 Å². The molecule has 1 aliphatic heterocycles. The van der Waals surface area contributed by atoms with Crippen molar-refractivity contribution in [3.8, 4) is 0 Å². The van der Waals surface area contributed by atoms with E-state index in [0.717, 1.165) is 16.4 Å². The first kappa shape index (κ1) is 12.6. The first-order chi connectivity index (χ1) is 9.66. The number of anilines is 1. The van der Waals surface area contributed by atoms with Crippen molar-refractivity contribution in [2.24, 2.45) is 23.7 Å². The molecule has 2 amide bonds. The van der Waals surface area contributed by atoms with Crippen LogP contribution in [0.1, 0.15) is 12.8 Å². The number of hydrogen-bond donors (Lipinski definition) is 0. The Bertz CT molecular complexity index is 590. The maximum absolute atomic E-state index is 12.7. The first-order valence-corrected chi connectivity index (χ1v) is 8.06. The minimum absolute atomic E-state index is 0.000239. The summed E-state index contributed by atoms with van der Waals surface area (Å²) in [6.45, 7) is 0. The molecule has 4 atom stereocenters. The van der Waals surface area contributed by atoms with E-state index in [1.807, 2.05) is 24.3 Å². The van der Waals surface area contributed by atoms with Gasteiger partial charge in [0.15, 0.2) is 0 Å². The number of rotatable bonds is 1. The van der Waals surface area contributed by atoms with Crippen molar-refractivity contribution < 1.29 is 9.59 Å². The predicted octanol–water partition coefficient (Wildman–Crippen LogP) is 2.99. The van der Waals surface area contributed by atoms with Gasteiger partial charge in [0.25, 0.3) is 0 Å². The largest absolute Gasteiger partial charge is 0.274 e. The summed E-state index contributed by atoms with van der Waals surface area (Å²) in [5, 5.41) is 0. The van der Waals surface area contributed by atoms with Gasteiger partial charge < -0.3 is 0 Å². The Morgan fingerprint density at radius 3 is 1.85 bits per heavy atom. The van der Waals surface area contributed by atoms with Crippen molar-refractivity contribution in [1.29, 1.82) is 0 Å². The molecule has 0 aromatic heterocycles. The van der Waals surface area contributed by atoms with Crippen molar-refractivity contribution in [1.82, 2.24) is 0 Å². The lowest BCUT2D eigenvalue weighted by Crippen LogP contribution is -2.38. The van der Waals surface area contributed by atoms with Crippen LogP contribution in [0.4, 0.5) is 5.69 Å². The van der Waals surface area contributed by atoms with Crippen LogP contribution in [-0.2, 0) is 9.59 Å². The number of halogens is 1. The molecular formula is C16H14INO2. The lowest BCUT2D eigenvalue weighted by atomic mass is 9.63. The standard InChI is InChI=1S/C16H14INO2/c17-11-5-7-12(8-6-11)18-15(19)13-9-1-2-10(4-3-9)14(13)16(18)20/h1-2,5-10,13-14H,3-4H2/t9-,10-,13-,14+/m1/s1. The van der Waals surface area contributed by atoms with Gasteiger partial charge in [-0.05, 0) is 71.5 Å². The molecule has 5 rings (SSSR count). The summed E-state index contributed by atoms with van der Waals surface area (Å²) in [5.41, 5.74) is 0.717. The fourth-order valence-electron chi connectivity index (χ4n) is 3.92. The number of carbonyl (C=O) groups is 2. The zero-order valence-electron chi connectivity index (χ0n) is 10.8. The zero-order valence-corrected chi connectivity index (χ0v) is 13.0. The molecular weight excluding hydrogens is 365 g/mol. The van der Waals surface area contributed by atoms with Gasteiger partial charge in [-0.15, -0.1) is 0 Å². The van der Waals surface area contributed by atoms with Crippen LogP contribution in [0.15, 0.2) is 36.4 Å². The first-order valence-electron chi connectivity index (χ1n) is 6.98. The van der Waals surface area contributed by atoms with Crippen molar-refractivity contribution in [3.05, 3.63) is 40.0 Å². The van der Waals surface area contributed by atoms with Gasteiger partial charge in [0.2, 0.25) is 11.8 Å². The summed E-state index contributed by atoms with van der Waals surface area (Å²) >= 11 is 2.22. The lowest BCUT2D eigenvalue weighted by molar-refractivity contribution is -0.124. The molecule has 2 bridgehead atoms. The molecule has 3 nitrogen and oxygen atoms in total. The zero-order chi connectivity index (χ0) is 13.9. The van der Waals surface area contributed by atoms with Crippen LogP contribution in [0.25, 0.3) is 0 Å². The molecule has 0 unspecified atom stereocenters. The monoisotopic (exact) mass is 379 g/mol. The molecule has 1 saturated heterocycles. The third-order valence-corrected chi connectivity index (χ3v) is 5.56. The second-order valence-electron chi connectivity index (χ2n) is 5.83. The van der Waals surface area contributed by atoms with E-state index in [4.69, 9.17) is 0 Å². The Hall–Kier alpha value is -1.17. The van der Waals surface area contributed by atoms with Gasteiger partial charge in [0, 0.05) is 3.57 Å². The Morgan fingerprint density at radius 2 is 1.40 bits per heavy atom. The molecule has 4 heteroatoms. The number of benzene rings is 1. The van der Waals surface area contributed by atoms with E-state index in [0.29, 0.717) is 5.69 Å². The summed E-state index contributed by atoms with van der Waals surface area (Å²) in [7, 11) is 0. The van der Waals surface area contributed by atoms with E-state index in [1.54, 1.807) is 0 Å². The minimum Gasteiger partial charge on any atom is -0.274 e. The number of allylic oxidation sites excluding steroid dienone is 2. The van der Waals surface area contributed by atoms with Crippen LogP contribution >= 0.6 is 22.6 Å². The van der Waals surface area contributed by atoms with Crippen LogP contribution < -0.4 is 4.90 Å². The number of nitrogens with zero attached hydrogens (tertiary/aromatic N) is 1. The SMILES string of the molecule is O=C1[C@@H]2[C@H](C(=O)N1c1ccc(I)cc1)[C@@H]1C=C[C@@H]2CC1. The Labute approximate surface area is 131 Å². The highest BCUT2D eigenvalue weighted by molar-refractivity contribution is 14.1. The molecule has 0 N–H and O–H groups in total. The molecule has 102 valence electrons. The van der Waals surface area contributed by atoms with Crippen LogP contribution in [0.3, 0.4) is 0 Å². The average Bonchev–Trinajstić information content (AvgIpc) is 2.76. The van der Waals surface area contributed by atoms with Crippen molar-refractivity contribution in [3.63, 3.8) is 0 Å². The van der Waals surface area contributed by atoms with Gasteiger partial charge >= 0.3 is 0 Å². The van der Waals surface area contributed by atoms with Gasteiger partial charge in [-0.2, -0.15) is 0 Å². The third kappa shape index (κ3) is 1.63. The quantitative estimate of drug-likeness (QED) is 0.428. The van der Waals surface area contributed by atoms with Crippen LogP contribution in [0.5, 0.6) is 0 Å². The van der Waals surface area contributed by atoms with Gasteiger partial charge in [0.05, 0.1) is 17.5 Å². The summed E-state index contributed by atoms with van der Waals surface area (Å²) in [6.07, 6.45) is 6.39. The van der Waals surface area contributed by atoms with E-state index in [1.165, 1.54) is 4.90 Å². The van der Waals surface area contributed by atoms with E-state index in [-0.39, 0.29) is 35.5 Å². The van der Waals surface area contributed by atoms with Gasteiger partial charge in [-0.25, -0.2) is 0 Å². The number of imide groups is 1. The number of hydrogen-bond acceptors (Lipinski definition) is 2. The van der Waals surface area contributed by atoms with Gasteiger partial charge in [-0.3, -0.25) is 14.5 Å². The molecule has 1 heterocycles. The molecule has 1 aromatic carbocycles. The van der Waals surface area contributed by atoms with E-state index >= 15 is 0 Å². The Balaban J connectivity index is 1.75. The van der Waals surface area contributed by atoms with Crippen molar-refractivity contribution in [2.75, 3.05) is 4.90 Å². The molecule has 3 aliphatic carbocycles. The van der Waals surface area contributed by atoms with E-state index in [9.17, 15) is 9.59 Å². The normalized spacial score (nSPS) is 34.8. The second-order valence-corrected chi connectivity index (χ2v) is 7.08. The lowest BCUT2D eigenvalue weighted by Gasteiger charge is -2.38. The maximum Gasteiger partial charge on any atom is 0.238 e. The third-order valence-electron chi connectivity index (χ3n) is 4.84. The van der Waals surface area contributed by atoms with Crippen LogP contribution in [0.2, 0.25) is 0 Å². The predicted molar refractivity (Wildman–Crippen MR) is 84.0 cm³/mol. The molecule has 20 heavy (non-hydrogen) atoms. The highest BCUT2D eigenvalue weighted by Gasteiger charge is 2.56. The topological polar surface area (TPSA) is 37.4 Å². The second kappa shape index (κ2) is 4.41. The molecule has 1 aromatic rings. The molecule has 4 aliphatic rings. The fraction of sp³-hybridized carbons (Fsp3) is 0.375. The van der Waals surface area contributed by atoms with E-state index in [2.05, 4.69) is 34.7 Å². The Morgan fingerprint density at radius 1 is 0.900 bits per heavy atom. The highest BCUT2D eigenvalue weighted by atomic mass is 127. The smallest absolute Gasteiger partial charge is 0.238 e. The summed E-state index contributed by atoms with van der Waals surface area (Å²) in [5.74, 6) is 0.280. The van der Waals surface area contributed by atoms with E-state index < -0.39 is 0 Å². The average molecular weight is 379 g/mol. The number of fused-ring (bicyclic) bond motifs is 1. The number of carbonyl (C=O) groups excluding carboxylic acids is 2. The Kier molecular flexibility index (Phi) is 2.77. The van der Waals surface area contributed by atoms with Crippen LogP contribution in [0, 0.1) is 27.2 Å².